The number of carbonyl (C=O) groups excluding carboxylic acids is 1. The number of aliphatic hydroxyl groups excluding tert-OH is 1. The SMILES string of the molecule is O=C(COc1ccccc1)OC[C@H]1O[C@@H](n2cc(C=CBr)c(=O)[nH]c2=O)C[C@@H]1O. The molecule has 1 fully saturated rings. The summed E-state index contributed by atoms with van der Waals surface area (Å²) in [5.74, 6) is -0.0773. The largest absolute Gasteiger partial charge is 0.482 e. The number of H-pyrrole nitrogens is 1. The van der Waals surface area contributed by atoms with Crippen LogP contribution in [0.2, 0.25) is 0 Å². The van der Waals surface area contributed by atoms with Crippen molar-refractivity contribution in [2.75, 3.05) is 13.2 Å². The summed E-state index contributed by atoms with van der Waals surface area (Å²) in [5, 5.41) is 10.2. The Morgan fingerprint density at radius 2 is 2.10 bits per heavy atom. The number of esters is 1. The Morgan fingerprint density at radius 3 is 2.83 bits per heavy atom. The van der Waals surface area contributed by atoms with E-state index in [0.29, 0.717) is 5.75 Å². The zero-order valence-corrected chi connectivity index (χ0v) is 16.8. The number of halogens is 1. The number of carbonyl (C=O) groups is 1. The highest BCUT2D eigenvalue weighted by atomic mass is 79.9. The van der Waals surface area contributed by atoms with Crippen LogP contribution in [0.5, 0.6) is 5.75 Å². The second-order valence-corrected chi connectivity index (χ2v) is 6.79. The molecule has 0 radical (unpaired) electrons. The van der Waals surface area contributed by atoms with Gasteiger partial charge in [0.1, 0.15) is 24.7 Å². The summed E-state index contributed by atoms with van der Waals surface area (Å²) < 4.78 is 17.3. The van der Waals surface area contributed by atoms with Crippen LogP contribution in [0.15, 0.2) is 51.1 Å². The molecule has 154 valence electrons. The third-order valence-corrected chi connectivity index (χ3v) is 4.53. The number of hydrogen-bond donors (Lipinski definition) is 2. The van der Waals surface area contributed by atoms with Crippen LogP contribution in [-0.2, 0) is 14.3 Å². The zero-order valence-electron chi connectivity index (χ0n) is 15.2. The van der Waals surface area contributed by atoms with Gasteiger partial charge in [0.25, 0.3) is 5.56 Å². The van der Waals surface area contributed by atoms with Gasteiger partial charge in [-0.1, -0.05) is 34.1 Å². The fourth-order valence-electron chi connectivity index (χ4n) is 2.81. The first kappa shape index (κ1) is 21.0. The number of aromatic amines is 1. The normalized spacial score (nSPS) is 21.4. The summed E-state index contributed by atoms with van der Waals surface area (Å²) in [4.78, 5) is 39.4. The van der Waals surface area contributed by atoms with Gasteiger partial charge < -0.3 is 19.3 Å². The molecule has 9 nitrogen and oxygen atoms in total. The number of benzene rings is 1. The number of aromatic nitrogens is 2. The van der Waals surface area contributed by atoms with Crippen LogP contribution in [0.4, 0.5) is 0 Å². The molecule has 2 aromatic rings. The predicted molar refractivity (Wildman–Crippen MR) is 107 cm³/mol. The minimum absolute atomic E-state index is 0.103. The van der Waals surface area contributed by atoms with E-state index in [4.69, 9.17) is 14.2 Å². The first-order chi connectivity index (χ1) is 14.0. The minimum atomic E-state index is -0.947. The number of rotatable bonds is 7. The lowest BCUT2D eigenvalue weighted by molar-refractivity contribution is -0.152. The molecule has 3 rings (SSSR count). The van der Waals surface area contributed by atoms with Crippen LogP contribution in [-0.4, -0.2) is 46.0 Å². The number of nitrogens with one attached hydrogen (secondary N) is 1. The maximum absolute atomic E-state index is 12.1. The highest BCUT2D eigenvalue weighted by Gasteiger charge is 2.36. The van der Waals surface area contributed by atoms with Gasteiger partial charge in [-0.05, 0) is 23.2 Å². The summed E-state index contributed by atoms with van der Waals surface area (Å²) >= 11 is 3.08. The molecule has 2 heterocycles. The molecule has 0 aliphatic carbocycles. The van der Waals surface area contributed by atoms with Gasteiger partial charge in [-0.3, -0.25) is 14.3 Å². The van der Waals surface area contributed by atoms with E-state index in [9.17, 15) is 19.5 Å². The lowest BCUT2D eigenvalue weighted by Gasteiger charge is -2.16. The molecule has 0 amide bonds. The van der Waals surface area contributed by atoms with Crippen LogP contribution in [0, 0.1) is 0 Å². The minimum Gasteiger partial charge on any atom is -0.482 e. The van der Waals surface area contributed by atoms with Gasteiger partial charge in [-0.2, -0.15) is 0 Å². The van der Waals surface area contributed by atoms with Gasteiger partial charge in [0, 0.05) is 12.6 Å². The van der Waals surface area contributed by atoms with E-state index in [1.807, 2.05) is 6.07 Å². The second kappa shape index (κ2) is 9.68. The summed E-state index contributed by atoms with van der Waals surface area (Å²) in [7, 11) is 0. The van der Waals surface area contributed by atoms with Gasteiger partial charge >= 0.3 is 11.7 Å². The topological polar surface area (TPSA) is 120 Å². The third-order valence-electron chi connectivity index (χ3n) is 4.26. The molecule has 0 bridgehead atoms. The third kappa shape index (κ3) is 5.43. The van der Waals surface area contributed by atoms with E-state index in [2.05, 4.69) is 20.9 Å². The van der Waals surface area contributed by atoms with Gasteiger partial charge in [-0.25, -0.2) is 9.59 Å². The van der Waals surface area contributed by atoms with Gasteiger partial charge in [0.2, 0.25) is 0 Å². The maximum Gasteiger partial charge on any atom is 0.344 e. The Hall–Kier alpha value is -2.69. The Labute approximate surface area is 173 Å². The van der Waals surface area contributed by atoms with Crippen LogP contribution in [0.3, 0.4) is 0 Å². The van der Waals surface area contributed by atoms with Crippen molar-refractivity contribution in [2.24, 2.45) is 0 Å². The fourth-order valence-corrected chi connectivity index (χ4v) is 3.10. The Bertz CT molecular complexity index is 986. The average molecular weight is 467 g/mol. The summed E-state index contributed by atoms with van der Waals surface area (Å²) in [5.41, 5.74) is -0.954. The Morgan fingerprint density at radius 1 is 1.34 bits per heavy atom. The van der Waals surface area contributed by atoms with Gasteiger partial charge in [-0.15, -0.1) is 0 Å². The quantitative estimate of drug-likeness (QED) is 0.587. The molecule has 1 aromatic carbocycles. The summed E-state index contributed by atoms with van der Waals surface area (Å²) in [6.07, 6.45) is 0.365. The molecule has 0 unspecified atom stereocenters. The predicted octanol–water partition coefficient (Wildman–Crippen LogP) is 1.17. The molecule has 2 N–H and O–H groups in total. The lowest BCUT2D eigenvalue weighted by Crippen LogP contribution is -2.33. The molecule has 1 saturated heterocycles. The number of nitrogens with zero attached hydrogens (tertiary/aromatic N) is 1. The summed E-state index contributed by atoms with van der Waals surface area (Å²) in [6, 6.07) is 8.81. The molecular weight excluding hydrogens is 448 g/mol. The van der Waals surface area contributed by atoms with Gasteiger partial charge in [0.15, 0.2) is 6.61 Å². The second-order valence-electron chi connectivity index (χ2n) is 6.26. The van der Waals surface area contributed by atoms with Crippen molar-refractivity contribution >= 4 is 28.0 Å². The molecule has 3 atom stereocenters. The van der Waals surface area contributed by atoms with Crippen molar-refractivity contribution in [3.8, 4) is 5.75 Å². The number of para-hydroxylation sites is 1. The van der Waals surface area contributed by atoms with E-state index in [0.717, 1.165) is 0 Å². The molecule has 1 aliphatic rings. The van der Waals surface area contributed by atoms with Gasteiger partial charge in [0.05, 0.1) is 11.7 Å². The fraction of sp³-hybridized carbons (Fsp3) is 0.316. The standard InChI is InChI=1S/C19H19BrN2O7/c20-7-6-12-9-22(19(26)21-18(12)25)16-8-14(23)15(29-16)10-28-17(24)11-27-13-4-2-1-3-5-13/h1-7,9,14-16,23H,8,10-11H2,(H,21,25,26)/t14-,15+,16+/m0/s1. The van der Waals surface area contributed by atoms with Crippen molar-refractivity contribution in [3.05, 3.63) is 67.9 Å². The highest BCUT2D eigenvalue weighted by molar-refractivity contribution is 9.11. The van der Waals surface area contributed by atoms with E-state index in [-0.39, 0.29) is 25.2 Å². The average Bonchev–Trinajstić information content (AvgIpc) is 3.08. The monoisotopic (exact) mass is 466 g/mol. The van der Waals surface area contributed by atoms with E-state index in [1.165, 1.54) is 21.8 Å². The van der Waals surface area contributed by atoms with E-state index >= 15 is 0 Å². The van der Waals surface area contributed by atoms with Crippen LogP contribution >= 0.6 is 15.9 Å². The Kier molecular flexibility index (Phi) is 7.02. The van der Waals surface area contributed by atoms with E-state index in [1.54, 1.807) is 24.3 Å². The van der Waals surface area contributed by atoms with Crippen LogP contribution in [0.25, 0.3) is 6.08 Å². The van der Waals surface area contributed by atoms with Crippen LogP contribution in [0.1, 0.15) is 18.2 Å². The first-order valence-electron chi connectivity index (χ1n) is 8.77. The van der Waals surface area contributed by atoms with Crippen molar-refractivity contribution in [1.29, 1.82) is 0 Å². The highest BCUT2D eigenvalue weighted by Crippen LogP contribution is 2.28. The number of aliphatic hydroxyl groups is 1. The zero-order chi connectivity index (χ0) is 20.8. The van der Waals surface area contributed by atoms with Crippen molar-refractivity contribution < 1.29 is 24.1 Å². The number of ether oxygens (including phenoxy) is 3. The smallest absolute Gasteiger partial charge is 0.344 e. The van der Waals surface area contributed by atoms with Crippen molar-refractivity contribution in [3.63, 3.8) is 0 Å². The van der Waals surface area contributed by atoms with E-state index < -0.39 is 35.7 Å². The molecule has 1 aromatic heterocycles. The van der Waals surface area contributed by atoms with Crippen LogP contribution < -0.4 is 16.0 Å². The molecular formula is C19H19BrN2O7. The molecule has 1 aliphatic heterocycles. The number of hydrogen-bond acceptors (Lipinski definition) is 7. The summed E-state index contributed by atoms with van der Waals surface area (Å²) in [6.45, 7) is -0.473. The molecule has 29 heavy (non-hydrogen) atoms. The first-order valence-corrected chi connectivity index (χ1v) is 9.68. The maximum atomic E-state index is 12.1. The van der Waals surface area contributed by atoms with Crippen molar-refractivity contribution in [1.82, 2.24) is 9.55 Å². The molecule has 0 spiro atoms. The van der Waals surface area contributed by atoms with Crippen molar-refractivity contribution in [2.45, 2.75) is 24.9 Å². The Balaban J connectivity index is 1.57. The molecule has 10 heteroatoms. The lowest BCUT2D eigenvalue weighted by atomic mass is 10.2. The molecule has 0 saturated carbocycles.